The van der Waals surface area contributed by atoms with E-state index in [2.05, 4.69) is 0 Å². The molecule has 144 valence electrons. The number of benzene rings is 1. The molecule has 0 aliphatic carbocycles. The third-order valence-electron chi connectivity index (χ3n) is 5.01. The maximum absolute atomic E-state index is 12.4. The maximum Gasteiger partial charge on any atom is 0.419 e. The highest BCUT2D eigenvalue weighted by Crippen LogP contribution is 2.47. The van der Waals surface area contributed by atoms with E-state index in [9.17, 15) is 14.9 Å². The molecule has 9 heteroatoms. The lowest BCUT2D eigenvalue weighted by atomic mass is 9.85. The van der Waals surface area contributed by atoms with E-state index in [1.165, 1.54) is 24.1 Å². The summed E-state index contributed by atoms with van der Waals surface area (Å²) >= 11 is 1.71. The highest BCUT2D eigenvalue weighted by molar-refractivity contribution is 7.98. The Balaban J connectivity index is 1.96. The van der Waals surface area contributed by atoms with Crippen molar-refractivity contribution < 1.29 is 14.5 Å². The number of nitrogen functional groups attached to an aromatic ring is 1. The van der Waals surface area contributed by atoms with Crippen molar-refractivity contribution in [3.8, 4) is 0 Å². The number of aromatic nitrogens is 1. The Kier molecular flexibility index (Phi) is 4.46. The number of methoxy groups -OCH3 is 1. The van der Waals surface area contributed by atoms with Gasteiger partial charge in [0.25, 0.3) is 5.69 Å². The quantitative estimate of drug-likeness (QED) is 0.602. The summed E-state index contributed by atoms with van der Waals surface area (Å²) < 4.78 is 4.94. The number of nitro groups is 1. The molecule has 1 aromatic heterocycles. The number of carbonyl (C=O) groups is 1. The molecule has 0 saturated heterocycles. The average molecular weight is 398 g/mol. The Morgan fingerprint density at radius 2 is 2.21 bits per heavy atom. The van der Waals surface area contributed by atoms with Gasteiger partial charge < -0.3 is 10.5 Å². The molecular weight excluding hydrogens is 380 g/mol. The summed E-state index contributed by atoms with van der Waals surface area (Å²) in [6.45, 7) is 1.78. The zero-order chi connectivity index (χ0) is 20.0. The van der Waals surface area contributed by atoms with Crippen LogP contribution in [-0.2, 0) is 16.2 Å². The number of anilines is 2. The van der Waals surface area contributed by atoms with Gasteiger partial charge in [-0.15, -0.1) is 0 Å². The van der Waals surface area contributed by atoms with Crippen molar-refractivity contribution in [1.29, 1.82) is 0 Å². The number of hydrogen-bond acceptors (Lipinski definition) is 7. The first-order valence-corrected chi connectivity index (χ1v) is 9.77. The monoisotopic (exact) mass is 398 g/mol. The van der Waals surface area contributed by atoms with Gasteiger partial charge in [-0.2, -0.15) is 11.8 Å². The van der Waals surface area contributed by atoms with Crippen LogP contribution in [0.4, 0.5) is 22.0 Å². The molecule has 2 aliphatic rings. The van der Waals surface area contributed by atoms with Gasteiger partial charge in [-0.05, 0) is 12.5 Å². The smallest absolute Gasteiger partial charge is 0.419 e. The molecular formula is C19H18N4O4S. The fourth-order valence-corrected chi connectivity index (χ4v) is 4.74. The highest BCUT2D eigenvalue weighted by atomic mass is 32.2. The van der Waals surface area contributed by atoms with E-state index in [-0.39, 0.29) is 11.6 Å². The van der Waals surface area contributed by atoms with Crippen molar-refractivity contribution in [3.63, 3.8) is 0 Å². The van der Waals surface area contributed by atoms with Gasteiger partial charge >= 0.3 is 6.09 Å². The summed E-state index contributed by atoms with van der Waals surface area (Å²) in [5.41, 5.74) is 11.0. The van der Waals surface area contributed by atoms with Crippen LogP contribution in [0.25, 0.3) is 0 Å². The number of rotatable bonds is 2. The molecule has 3 heterocycles. The van der Waals surface area contributed by atoms with Crippen molar-refractivity contribution in [2.75, 3.05) is 17.7 Å². The fourth-order valence-electron chi connectivity index (χ4n) is 3.68. The first-order chi connectivity index (χ1) is 13.4. The van der Waals surface area contributed by atoms with Crippen molar-refractivity contribution in [2.45, 2.75) is 24.3 Å². The molecule has 4 rings (SSSR count). The molecule has 2 aliphatic heterocycles. The second kappa shape index (κ2) is 6.83. The minimum absolute atomic E-state index is 0.00347. The Morgan fingerprint density at radius 1 is 1.43 bits per heavy atom. The van der Waals surface area contributed by atoms with Gasteiger partial charge in [-0.25, -0.2) is 14.7 Å². The van der Waals surface area contributed by atoms with Gasteiger partial charge in [0.15, 0.2) is 0 Å². The Hall–Kier alpha value is -3.07. The number of nitro benzene ring substituents is 1. The van der Waals surface area contributed by atoms with Crippen molar-refractivity contribution in [1.82, 2.24) is 4.98 Å². The minimum atomic E-state index is -0.551. The predicted molar refractivity (Wildman–Crippen MR) is 107 cm³/mol. The number of non-ortho nitro benzene ring substituents is 1. The second-order valence-corrected chi connectivity index (χ2v) is 7.61. The molecule has 2 aromatic rings. The number of nitrogens with two attached hydrogens (primary N) is 1. The molecule has 0 radical (unpaired) electrons. The van der Waals surface area contributed by atoms with Gasteiger partial charge in [-0.3, -0.25) is 10.1 Å². The van der Waals surface area contributed by atoms with Crippen LogP contribution < -0.4 is 10.6 Å². The number of hydrogen-bond donors (Lipinski definition) is 1. The largest absolute Gasteiger partial charge is 0.452 e. The molecule has 0 saturated carbocycles. The molecule has 0 fully saturated rings. The van der Waals surface area contributed by atoms with E-state index in [0.29, 0.717) is 22.8 Å². The number of amides is 1. The molecule has 0 spiro atoms. The number of pyridine rings is 1. The molecule has 2 N–H and O–H groups in total. The van der Waals surface area contributed by atoms with Crippen LogP contribution in [0.2, 0.25) is 0 Å². The van der Waals surface area contributed by atoms with Crippen LogP contribution >= 0.6 is 11.8 Å². The van der Waals surface area contributed by atoms with Crippen LogP contribution in [0, 0.1) is 10.1 Å². The lowest BCUT2D eigenvalue weighted by Crippen LogP contribution is -2.34. The van der Waals surface area contributed by atoms with Crippen molar-refractivity contribution >= 4 is 35.0 Å². The number of thioether (sulfide) groups is 1. The summed E-state index contributed by atoms with van der Waals surface area (Å²) in [6, 6.07) is 6.45. The average Bonchev–Trinajstić information content (AvgIpc) is 3.16. The lowest BCUT2D eigenvalue weighted by molar-refractivity contribution is -0.384. The second-order valence-electron chi connectivity index (χ2n) is 6.62. The highest BCUT2D eigenvalue weighted by Gasteiger charge is 2.36. The first kappa shape index (κ1) is 18.3. The number of nitrogens with zero attached hydrogens (tertiary/aromatic N) is 3. The van der Waals surface area contributed by atoms with Crippen LogP contribution in [0.1, 0.15) is 35.2 Å². The normalized spacial score (nSPS) is 17.6. The Bertz CT molecular complexity index is 1040. The van der Waals surface area contributed by atoms with Gasteiger partial charge in [-0.1, -0.05) is 18.2 Å². The van der Waals surface area contributed by atoms with Crippen molar-refractivity contribution in [3.05, 3.63) is 68.5 Å². The van der Waals surface area contributed by atoms with Gasteiger partial charge in [0, 0.05) is 52.1 Å². The van der Waals surface area contributed by atoms with Gasteiger partial charge in [0.1, 0.15) is 5.82 Å². The summed E-state index contributed by atoms with van der Waals surface area (Å²) in [6.07, 6.45) is 1.31. The van der Waals surface area contributed by atoms with Crippen LogP contribution in [0.5, 0.6) is 0 Å². The molecule has 0 bridgehead atoms. The number of allylic oxidation sites excluding steroid dienone is 2. The SMILES string of the molecule is COC(=O)N1C(C)=CC(c2cccc([N+](=O)[O-])c2)c2c1nc1c(c2N)CSC1. The number of carbonyl (C=O) groups excluding carboxylic acids is 1. The maximum atomic E-state index is 12.4. The number of fused-ring (bicyclic) bond motifs is 2. The Labute approximate surface area is 165 Å². The zero-order valence-corrected chi connectivity index (χ0v) is 16.2. The van der Waals surface area contributed by atoms with E-state index in [1.807, 2.05) is 12.1 Å². The summed E-state index contributed by atoms with van der Waals surface area (Å²) in [5.74, 6) is 1.57. The number of ether oxygens (including phenoxy) is 1. The third kappa shape index (κ3) is 2.78. The van der Waals surface area contributed by atoms with Crippen LogP contribution in [0.15, 0.2) is 36.0 Å². The predicted octanol–water partition coefficient (Wildman–Crippen LogP) is 3.94. The van der Waals surface area contributed by atoms with E-state index < -0.39 is 11.0 Å². The molecule has 1 unspecified atom stereocenters. The molecule has 1 amide bonds. The van der Waals surface area contributed by atoms with E-state index >= 15 is 0 Å². The molecule has 8 nitrogen and oxygen atoms in total. The summed E-state index contributed by atoms with van der Waals surface area (Å²) in [4.78, 5) is 29.4. The van der Waals surface area contributed by atoms with Gasteiger partial charge in [0.05, 0.1) is 17.7 Å². The summed E-state index contributed by atoms with van der Waals surface area (Å²) in [5, 5.41) is 11.2. The van der Waals surface area contributed by atoms with E-state index in [4.69, 9.17) is 15.5 Å². The molecule has 28 heavy (non-hydrogen) atoms. The lowest BCUT2D eigenvalue weighted by Gasteiger charge is -2.33. The zero-order valence-electron chi connectivity index (χ0n) is 15.3. The summed E-state index contributed by atoms with van der Waals surface area (Å²) in [7, 11) is 1.31. The van der Waals surface area contributed by atoms with E-state index in [0.717, 1.165) is 28.3 Å². The van der Waals surface area contributed by atoms with Crippen LogP contribution in [0.3, 0.4) is 0 Å². The van der Waals surface area contributed by atoms with Crippen LogP contribution in [-0.4, -0.2) is 23.1 Å². The molecule has 1 atom stereocenters. The minimum Gasteiger partial charge on any atom is -0.452 e. The molecule has 1 aromatic carbocycles. The van der Waals surface area contributed by atoms with Crippen molar-refractivity contribution in [2.24, 2.45) is 0 Å². The first-order valence-electron chi connectivity index (χ1n) is 8.62. The topological polar surface area (TPSA) is 112 Å². The van der Waals surface area contributed by atoms with Gasteiger partial charge in [0.2, 0.25) is 0 Å². The third-order valence-corrected chi connectivity index (χ3v) is 5.98. The fraction of sp³-hybridized carbons (Fsp3) is 0.263. The standard InChI is InChI=1S/C19H18N4O4S/c1-10-6-13(11-4-3-5-12(7-11)23(25)26)16-17(20)14-8-28-9-15(14)21-18(16)22(10)19(24)27-2/h3-7,13H,8-9H2,1-2H3,(H2,20,21). The van der Waals surface area contributed by atoms with E-state index in [1.54, 1.807) is 24.8 Å². The Morgan fingerprint density at radius 3 is 2.93 bits per heavy atom.